The second-order valence-corrected chi connectivity index (χ2v) is 12.2. The molecule has 0 fully saturated rings. The minimum Gasteiger partial charge on any atom is -0.504 e. The van der Waals surface area contributed by atoms with E-state index in [9.17, 15) is 9.90 Å². The first-order valence-corrected chi connectivity index (χ1v) is 13.4. The molecule has 0 bridgehead atoms. The molecular formula is C27H28BrClN2O3S. The van der Waals surface area contributed by atoms with Crippen molar-refractivity contribution in [2.75, 3.05) is 12.4 Å². The summed E-state index contributed by atoms with van der Waals surface area (Å²) in [6, 6.07) is 10.5. The Balaban J connectivity index is 1.74. The number of aliphatic imine (C=N–C) groups is 1. The van der Waals surface area contributed by atoms with Crippen molar-refractivity contribution >= 4 is 61.7 Å². The van der Waals surface area contributed by atoms with E-state index in [2.05, 4.69) is 42.0 Å². The highest BCUT2D eigenvalue weighted by molar-refractivity contribution is 9.10. The zero-order chi connectivity index (χ0) is 25.3. The number of halogens is 2. The smallest absolute Gasteiger partial charge is 0.259 e. The largest absolute Gasteiger partial charge is 0.504 e. The topological polar surface area (TPSA) is 70.9 Å². The Morgan fingerprint density at radius 1 is 1.29 bits per heavy atom. The SMILES string of the molecule is COc1cc(Br)cc(C=Nc2sc3c(c2C(=O)Nc2ccc(Cl)cc2)CC[C@@H](C(C)(C)C)C3)c1O. The van der Waals surface area contributed by atoms with Crippen LogP contribution in [0.1, 0.15) is 53.6 Å². The van der Waals surface area contributed by atoms with Crippen LogP contribution in [0.3, 0.4) is 0 Å². The van der Waals surface area contributed by atoms with Crippen LogP contribution in [-0.4, -0.2) is 24.3 Å². The maximum atomic E-state index is 13.5. The van der Waals surface area contributed by atoms with Gasteiger partial charge in [0, 0.05) is 31.8 Å². The van der Waals surface area contributed by atoms with Crippen LogP contribution in [0.2, 0.25) is 5.02 Å². The average molecular weight is 576 g/mol. The van der Waals surface area contributed by atoms with Crippen molar-refractivity contribution < 1.29 is 14.6 Å². The molecule has 2 N–H and O–H groups in total. The minimum atomic E-state index is -0.192. The van der Waals surface area contributed by atoms with Crippen molar-refractivity contribution in [2.24, 2.45) is 16.3 Å². The van der Waals surface area contributed by atoms with E-state index in [0.717, 1.165) is 29.3 Å². The van der Waals surface area contributed by atoms with Crippen LogP contribution in [0.25, 0.3) is 0 Å². The Morgan fingerprint density at radius 3 is 2.66 bits per heavy atom. The zero-order valence-corrected chi connectivity index (χ0v) is 23.3. The van der Waals surface area contributed by atoms with Crippen LogP contribution in [0.15, 0.2) is 45.9 Å². The molecule has 1 amide bonds. The molecule has 2 aromatic carbocycles. The third-order valence-electron chi connectivity index (χ3n) is 6.41. The number of phenols is 1. The maximum Gasteiger partial charge on any atom is 0.259 e. The number of carbonyl (C=O) groups is 1. The summed E-state index contributed by atoms with van der Waals surface area (Å²) in [6.45, 7) is 6.81. The van der Waals surface area contributed by atoms with Crippen LogP contribution in [0.4, 0.5) is 10.7 Å². The third kappa shape index (κ3) is 5.74. The Hall–Kier alpha value is -2.35. The quantitative estimate of drug-likeness (QED) is 0.303. The normalized spacial score (nSPS) is 15.8. The number of fused-ring (bicyclic) bond motifs is 1. The zero-order valence-electron chi connectivity index (χ0n) is 20.1. The van der Waals surface area contributed by atoms with Gasteiger partial charge < -0.3 is 15.2 Å². The van der Waals surface area contributed by atoms with Crippen molar-refractivity contribution in [3.05, 3.63) is 67.5 Å². The van der Waals surface area contributed by atoms with Crippen LogP contribution in [0.5, 0.6) is 11.5 Å². The molecule has 0 spiro atoms. The Kier molecular flexibility index (Phi) is 7.60. The molecule has 0 saturated heterocycles. The van der Waals surface area contributed by atoms with Crippen LogP contribution in [-0.2, 0) is 12.8 Å². The number of amides is 1. The number of ether oxygens (including phenoxy) is 1. The number of hydrogen-bond donors (Lipinski definition) is 2. The van der Waals surface area contributed by atoms with Crippen LogP contribution in [0, 0.1) is 11.3 Å². The molecule has 35 heavy (non-hydrogen) atoms. The summed E-state index contributed by atoms with van der Waals surface area (Å²) in [5, 5.41) is 14.8. The minimum absolute atomic E-state index is 0.000678. The second kappa shape index (κ2) is 10.3. The lowest BCUT2D eigenvalue weighted by molar-refractivity contribution is 0.102. The molecule has 8 heteroatoms. The number of thiophene rings is 1. The van der Waals surface area contributed by atoms with Crippen LogP contribution < -0.4 is 10.1 Å². The number of rotatable bonds is 5. The number of aromatic hydroxyl groups is 1. The van der Waals surface area contributed by atoms with Gasteiger partial charge in [0.2, 0.25) is 0 Å². The predicted molar refractivity (Wildman–Crippen MR) is 148 cm³/mol. The molecule has 184 valence electrons. The number of phenolic OH excluding ortho intramolecular Hbond substituents is 1. The fourth-order valence-corrected chi connectivity index (χ4v) is 6.19. The molecule has 1 aliphatic rings. The summed E-state index contributed by atoms with van der Waals surface area (Å²) in [5.41, 5.74) is 3.04. The molecule has 1 atom stereocenters. The molecule has 3 aromatic rings. The maximum absolute atomic E-state index is 13.5. The molecule has 1 aromatic heterocycles. The molecule has 1 heterocycles. The van der Waals surface area contributed by atoms with E-state index in [1.54, 1.807) is 53.9 Å². The Morgan fingerprint density at radius 2 is 2.00 bits per heavy atom. The summed E-state index contributed by atoms with van der Waals surface area (Å²) in [4.78, 5) is 19.4. The number of anilines is 1. The first-order valence-electron chi connectivity index (χ1n) is 11.4. The van der Waals surface area contributed by atoms with Crippen LogP contribution >= 0.6 is 38.9 Å². The molecule has 4 rings (SSSR count). The number of methoxy groups -OCH3 is 1. The fraction of sp³-hybridized carbons (Fsp3) is 0.333. The average Bonchev–Trinajstić information content (AvgIpc) is 3.18. The predicted octanol–water partition coefficient (Wildman–Crippen LogP) is 8.03. The summed E-state index contributed by atoms with van der Waals surface area (Å²) < 4.78 is 6.01. The van der Waals surface area contributed by atoms with Gasteiger partial charge in [-0.05, 0) is 72.6 Å². The van der Waals surface area contributed by atoms with E-state index in [1.807, 2.05) is 0 Å². The number of carbonyl (C=O) groups excluding carboxylic acids is 1. The van der Waals surface area contributed by atoms with Gasteiger partial charge in [-0.3, -0.25) is 4.79 Å². The molecule has 0 saturated carbocycles. The molecule has 5 nitrogen and oxygen atoms in total. The van der Waals surface area contributed by atoms with E-state index in [4.69, 9.17) is 21.3 Å². The standard InChI is InChI=1S/C27H28BrClN2O3S/c1-27(2,3)16-5-10-20-22(12-16)35-26(23(20)25(33)31-19-8-6-18(29)7-9-19)30-14-15-11-17(28)13-21(34-4)24(15)32/h6-9,11,13-14,16,32H,5,10,12H2,1-4H3,(H,31,33)/t16-/m1/s1. The molecule has 0 unspecified atom stereocenters. The Labute approximate surface area is 223 Å². The van der Waals surface area contributed by atoms with Gasteiger partial charge in [0.25, 0.3) is 5.91 Å². The van der Waals surface area contributed by atoms with E-state index >= 15 is 0 Å². The van der Waals surface area contributed by atoms with Crippen molar-refractivity contribution in [1.29, 1.82) is 0 Å². The lowest BCUT2D eigenvalue weighted by Gasteiger charge is -2.33. The van der Waals surface area contributed by atoms with Gasteiger partial charge >= 0.3 is 0 Å². The lowest BCUT2D eigenvalue weighted by atomic mass is 9.72. The highest BCUT2D eigenvalue weighted by atomic mass is 79.9. The van der Waals surface area contributed by atoms with Gasteiger partial charge in [0.15, 0.2) is 11.5 Å². The molecule has 0 aliphatic heterocycles. The first-order chi connectivity index (χ1) is 16.6. The highest BCUT2D eigenvalue weighted by Crippen LogP contribution is 2.45. The summed E-state index contributed by atoms with van der Waals surface area (Å²) >= 11 is 11.0. The van der Waals surface area contributed by atoms with E-state index in [-0.39, 0.29) is 17.1 Å². The van der Waals surface area contributed by atoms with Gasteiger partial charge in [-0.25, -0.2) is 4.99 Å². The molecule has 0 radical (unpaired) electrons. The van der Waals surface area contributed by atoms with Crippen molar-refractivity contribution in [2.45, 2.75) is 40.0 Å². The van der Waals surface area contributed by atoms with Gasteiger partial charge in [-0.1, -0.05) is 48.3 Å². The van der Waals surface area contributed by atoms with Gasteiger partial charge in [0.05, 0.1) is 12.7 Å². The Bertz CT molecular complexity index is 1280. The lowest BCUT2D eigenvalue weighted by Crippen LogP contribution is -2.27. The summed E-state index contributed by atoms with van der Waals surface area (Å²) in [7, 11) is 1.50. The monoisotopic (exact) mass is 574 g/mol. The van der Waals surface area contributed by atoms with Crippen molar-refractivity contribution in [3.8, 4) is 11.5 Å². The van der Waals surface area contributed by atoms with E-state index in [1.165, 1.54) is 12.0 Å². The van der Waals surface area contributed by atoms with E-state index in [0.29, 0.717) is 38.5 Å². The van der Waals surface area contributed by atoms with E-state index < -0.39 is 0 Å². The van der Waals surface area contributed by atoms with Crippen molar-refractivity contribution in [3.63, 3.8) is 0 Å². The first kappa shape index (κ1) is 25.7. The van der Waals surface area contributed by atoms with Gasteiger partial charge in [-0.2, -0.15) is 0 Å². The summed E-state index contributed by atoms with van der Waals surface area (Å²) in [5.74, 6) is 0.694. The number of benzene rings is 2. The van der Waals surface area contributed by atoms with Gasteiger partial charge in [-0.15, -0.1) is 11.3 Å². The highest BCUT2D eigenvalue weighted by Gasteiger charge is 2.33. The molecule has 1 aliphatic carbocycles. The number of hydrogen-bond acceptors (Lipinski definition) is 5. The number of nitrogens with zero attached hydrogens (tertiary/aromatic N) is 1. The third-order valence-corrected chi connectivity index (χ3v) is 8.28. The summed E-state index contributed by atoms with van der Waals surface area (Å²) in [6.07, 6.45) is 4.38. The number of nitrogens with one attached hydrogen (secondary N) is 1. The second-order valence-electron chi connectivity index (χ2n) is 9.75. The fourth-order valence-electron chi connectivity index (χ4n) is 4.34. The molecular weight excluding hydrogens is 548 g/mol. The van der Waals surface area contributed by atoms with Gasteiger partial charge in [0.1, 0.15) is 5.00 Å². The van der Waals surface area contributed by atoms with Crippen molar-refractivity contribution in [1.82, 2.24) is 0 Å².